The van der Waals surface area contributed by atoms with Crippen molar-refractivity contribution in [1.82, 2.24) is 0 Å². The van der Waals surface area contributed by atoms with Gasteiger partial charge in [0.1, 0.15) is 11.2 Å². The van der Waals surface area contributed by atoms with E-state index >= 15 is 0 Å². The van der Waals surface area contributed by atoms with Crippen LogP contribution in [0.2, 0.25) is 0 Å². The Kier molecular flexibility index (Phi) is 7.85. The van der Waals surface area contributed by atoms with Crippen molar-refractivity contribution < 1.29 is 4.42 Å². The Labute approximate surface area is 314 Å². The van der Waals surface area contributed by atoms with E-state index in [-0.39, 0.29) is 0 Å². The maximum absolute atomic E-state index is 6.34. The molecule has 10 rings (SSSR count). The number of nitrogens with zero attached hydrogens (tertiary/aromatic N) is 1. The first-order chi connectivity index (χ1) is 26.8. The number of furan rings is 1. The predicted molar refractivity (Wildman–Crippen MR) is 228 cm³/mol. The Morgan fingerprint density at radius 1 is 0.315 bits per heavy atom. The molecule has 2 heteroatoms. The summed E-state index contributed by atoms with van der Waals surface area (Å²) in [5.74, 6) is 0. The minimum absolute atomic E-state index is 0.886. The summed E-state index contributed by atoms with van der Waals surface area (Å²) in [7, 11) is 0. The molecule has 0 amide bonds. The second-order valence-corrected chi connectivity index (χ2v) is 13.7. The monoisotopic (exact) mass is 689 g/mol. The Hall–Kier alpha value is -7.16. The van der Waals surface area contributed by atoms with E-state index in [1.807, 2.05) is 12.1 Å². The molecule has 1 aromatic heterocycles. The van der Waals surface area contributed by atoms with Crippen LogP contribution < -0.4 is 4.90 Å². The second kappa shape index (κ2) is 13.4. The Bertz CT molecular complexity index is 2920. The Morgan fingerprint density at radius 2 is 0.833 bits per heavy atom. The van der Waals surface area contributed by atoms with E-state index in [0.29, 0.717) is 0 Å². The van der Waals surface area contributed by atoms with Gasteiger partial charge in [0.15, 0.2) is 0 Å². The zero-order valence-corrected chi connectivity index (χ0v) is 29.6. The molecule has 0 fully saturated rings. The van der Waals surface area contributed by atoms with Crippen LogP contribution in [0.3, 0.4) is 0 Å². The van der Waals surface area contributed by atoms with Crippen LogP contribution in [0, 0.1) is 0 Å². The smallest absolute Gasteiger partial charge is 0.136 e. The van der Waals surface area contributed by atoms with Gasteiger partial charge in [-0.2, -0.15) is 0 Å². The maximum Gasteiger partial charge on any atom is 0.136 e. The maximum atomic E-state index is 6.34. The standard InChI is InChI=1S/C52H35NO/c1-2-13-36(14-3-1)37-27-31-42(32-28-37)53(49-24-8-6-20-46(49)47-23-12-26-51-52(47)48-21-7-9-25-50(48)54-51)43-33-29-38(30-34-43)40-17-10-18-41(35-40)45-22-11-16-39-15-4-5-19-44(39)45/h1-35H. The van der Waals surface area contributed by atoms with Gasteiger partial charge in [0.2, 0.25) is 0 Å². The molecule has 254 valence electrons. The molecule has 9 aromatic carbocycles. The van der Waals surface area contributed by atoms with Crippen LogP contribution in [0.1, 0.15) is 0 Å². The van der Waals surface area contributed by atoms with Crippen molar-refractivity contribution in [3.05, 3.63) is 212 Å². The molecule has 0 saturated carbocycles. The van der Waals surface area contributed by atoms with E-state index < -0.39 is 0 Å². The molecule has 0 bridgehead atoms. The molecular formula is C52H35NO. The molecule has 0 saturated heterocycles. The molecule has 0 N–H and O–H groups in total. The van der Waals surface area contributed by atoms with Gasteiger partial charge in [0.05, 0.1) is 5.69 Å². The van der Waals surface area contributed by atoms with Crippen molar-refractivity contribution in [1.29, 1.82) is 0 Å². The first kappa shape index (κ1) is 31.6. The lowest BCUT2D eigenvalue weighted by atomic mass is 9.95. The number of anilines is 3. The molecule has 1 heterocycles. The average Bonchev–Trinajstić information content (AvgIpc) is 3.64. The summed E-state index contributed by atoms with van der Waals surface area (Å²) in [4.78, 5) is 2.38. The van der Waals surface area contributed by atoms with E-state index in [2.05, 4.69) is 205 Å². The van der Waals surface area contributed by atoms with Crippen molar-refractivity contribution in [3.8, 4) is 44.5 Å². The highest BCUT2D eigenvalue weighted by Gasteiger charge is 2.20. The van der Waals surface area contributed by atoms with Crippen LogP contribution in [0.4, 0.5) is 17.1 Å². The van der Waals surface area contributed by atoms with Gasteiger partial charge in [0.25, 0.3) is 0 Å². The van der Waals surface area contributed by atoms with Crippen LogP contribution in [0.5, 0.6) is 0 Å². The normalized spacial score (nSPS) is 11.3. The predicted octanol–water partition coefficient (Wildman–Crippen LogP) is 14.9. The molecular weight excluding hydrogens is 655 g/mol. The third-order valence-electron chi connectivity index (χ3n) is 10.5. The number of benzene rings is 9. The third-order valence-corrected chi connectivity index (χ3v) is 10.5. The topological polar surface area (TPSA) is 16.4 Å². The molecule has 0 aliphatic heterocycles. The van der Waals surface area contributed by atoms with Crippen LogP contribution in [-0.2, 0) is 0 Å². The lowest BCUT2D eigenvalue weighted by Gasteiger charge is -2.28. The molecule has 0 aliphatic carbocycles. The zero-order valence-electron chi connectivity index (χ0n) is 29.6. The van der Waals surface area contributed by atoms with Crippen molar-refractivity contribution in [2.75, 3.05) is 4.90 Å². The van der Waals surface area contributed by atoms with Crippen LogP contribution >= 0.6 is 0 Å². The molecule has 0 atom stereocenters. The zero-order chi connectivity index (χ0) is 35.8. The highest BCUT2D eigenvalue weighted by atomic mass is 16.3. The van der Waals surface area contributed by atoms with Crippen LogP contribution in [0.25, 0.3) is 77.2 Å². The number of hydrogen-bond donors (Lipinski definition) is 0. The van der Waals surface area contributed by atoms with Crippen molar-refractivity contribution >= 4 is 49.8 Å². The summed E-state index contributed by atoms with van der Waals surface area (Å²) < 4.78 is 6.34. The molecule has 0 aliphatic rings. The molecule has 10 aromatic rings. The van der Waals surface area contributed by atoms with Gasteiger partial charge in [-0.3, -0.25) is 0 Å². The van der Waals surface area contributed by atoms with Gasteiger partial charge in [0, 0.05) is 27.7 Å². The summed E-state index contributed by atoms with van der Waals surface area (Å²) in [6.45, 7) is 0. The van der Waals surface area contributed by atoms with Gasteiger partial charge in [-0.1, -0.05) is 164 Å². The first-order valence-corrected chi connectivity index (χ1v) is 18.4. The summed E-state index contributed by atoms with van der Waals surface area (Å²) in [6.07, 6.45) is 0. The van der Waals surface area contributed by atoms with Gasteiger partial charge < -0.3 is 9.32 Å². The van der Waals surface area contributed by atoms with E-state index in [1.54, 1.807) is 0 Å². The quantitative estimate of drug-likeness (QED) is 0.166. The average molecular weight is 690 g/mol. The van der Waals surface area contributed by atoms with E-state index in [0.717, 1.165) is 50.1 Å². The third kappa shape index (κ3) is 5.62. The number of fused-ring (bicyclic) bond motifs is 4. The van der Waals surface area contributed by atoms with Crippen molar-refractivity contribution in [2.24, 2.45) is 0 Å². The summed E-state index contributed by atoms with van der Waals surface area (Å²) in [5.41, 5.74) is 14.5. The minimum Gasteiger partial charge on any atom is -0.456 e. The molecule has 0 radical (unpaired) electrons. The number of rotatable bonds is 7. The molecule has 54 heavy (non-hydrogen) atoms. The van der Waals surface area contributed by atoms with E-state index in [9.17, 15) is 0 Å². The van der Waals surface area contributed by atoms with Gasteiger partial charge in [-0.25, -0.2) is 0 Å². The number of para-hydroxylation sites is 2. The first-order valence-electron chi connectivity index (χ1n) is 18.4. The largest absolute Gasteiger partial charge is 0.456 e. The molecule has 2 nitrogen and oxygen atoms in total. The summed E-state index contributed by atoms with van der Waals surface area (Å²) >= 11 is 0. The fraction of sp³-hybridized carbons (Fsp3) is 0. The highest BCUT2D eigenvalue weighted by molar-refractivity contribution is 6.14. The van der Waals surface area contributed by atoms with E-state index in [4.69, 9.17) is 4.42 Å². The molecule has 0 unspecified atom stereocenters. The van der Waals surface area contributed by atoms with Gasteiger partial charge >= 0.3 is 0 Å². The fourth-order valence-electron chi connectivity index (χ4n) is 7.90. The summed E-state index contributed by atoms with van der Waals surface area (Å²) in [6, 6.07) is 75.9. The summed E-state index contributed by atoms with van der Waals surface area (Å²) in [5, 5.41) is 4.76. The Morgan fingerprint density at radius 3 is 1.65 bits per heavy atom. The van der Waals surface area contributed by atoms with Crippen molar-refractivity contribution in [2.45, 2.75) is 0 Å². The van der Waals surface area contributed by atoms with Crippen LogP contribution in [0.15, 0.2) is 217 Å². The SMILES string of the molecule is c1ccc(-c2ccc(N(c3ccc(-c4cccc(-c5cccc6ccccc56)c4)cc3)c3ccccc3-c3cccc4oc5ccccc5c34)cc2)cc1. The van der Waals surface area contributed by atoms with Crippen LogP contribution in [-0.4, -0.2) is 0 Å². The lowest BCUT2D eigenvalue weighted by molar-refractivity contribution is 0.669. The highest BCUT2D eigenvalue weighted by Crippen LogP contribution is 2.45. The number of hydrogen-bond acceptors (Lipinski definition) is 2. The van der Waals surface area contributed by atoms with E-state index in [1.165, 1.54) is 44.2 Å². The fourth-order valence-corrected chi connectivity index (χ4v) is 7.90. The van der Waals surface area contributed by atoms with Gasteiger partial charge in [-0.05, 0) is 98.2 Å². The van der Waals surface area contributed by atoms with Gasteiger partial charge in [-0.15, -0.1) is 0 Å². The Balaban J connectivity index is 1.10. The lowest BCUT2D eigenvalue weighted by Crippen LogP contribution is -2.11. The minimum atomic E-state index is 0.886. The molecule has 0 spiro atoms. The van der Waals surface area contributed by atoms with Crippen molar-refractivity contribution in [3.63, 3.8) is 0 Å². The second-order valence-electron chi connectivity index (χ2n) is 13.7.